The van der Waals surface area contributed by atoms with E-state index in [4.69, 9.17) is 0 Å². The molecular formula is C22H19NO2. The molecule has 0 unspecified atom stereocenters. The average molecular weight is 329 g/mol. The predicted molar refractivity (Wildman–Crippen MR) is 102 cm³/mol. The Balaban J connectivity index is 2.07. The largest absolute Gasteiger partial charge is 0.378 e. The summed E-state index contributed by atoms with van der Waals surface area (Å²) in [4.78, 5) is 25.6. The average Bonchev–Trinajstić information content (AvgIpc) is 3.00. The zero-order valence-electron chi connectivity index (χ0n) is 14.4. The van der Waals surface area contributed by atoms with E-state index >= 15 is 0 Å². The molecule has 1 aliphatic rings. The molecule has 4 rings (SSSR count). The first-order chi connectivity index (χ1) is 12.1. The fraction of sp³-hybridized carbons (Fsp3) is 0.182. The first kappa shape index (κ1) is 15.6. The third-order valence-corrected chi connectivity index (χ3v) is 4.96. The molecule has 3 aromatic rings. The maximum atomic E-state index is 12.6. The normalized spacial score (nSPS) is 13.1. The van der Waals surface area contributed by atoms with Crippen molar-refractivity contribution >= 4 is 28.5 Å². The molecule has 0 saturated carbocycles. The van der Waals surface area contributed by atoms with Gasteiger partial charge in [-0.05, 0) is 40.5 Å². The molecule has 25 heavy (non-hydrogen) atoms. The van der Waals surface area contributed by atoms with Crippen LogP contribution in [0.15, 0.2) is 48.5 Å². The minimum atomic E-state index is 0.210. The molecule has 0 N–H and O–H groups in total. The van der Waals surface area contributed by atoms with Crippen LogP contribution in [0.3, 0.4) is 0 Å². The van der Waals surface area contributed by atoms with E-state index in [1.807, 2.05) is 38.4 Å². The second kappa shape index (κ2) is 5.85. The van der Waals surface area contributed by atoms with Crippen LogP contribution in [0.5, 0.6) is 0 Å². The Morgan fingerprint density at radius 2 is 1.68 bits per heavy atom. The van der Waals surface area contributed by atoms with E-state index in [2.05, 4.69) is 29.2 Å². The van der Waals surface area contributed by atoms with Crippen molar-refractivity contribution in [1.29, 1.82) is 0 Å². The molecule has 1 aliphatic carbocycles. The van der Waals surface area contributed by atoms with Crippen LogP contribution in [0.25, 0.3) is 21.9 Å². The monoisotopic (exact) mass is 329 g/mol. The Morgan fingerprint density at radius 1 is 0.920 bits per heavy atom. The van der Waals surface area contributed by atoms with Crippen molar-refractivity contribution in [3.8, 4) is 11.1 Å². The minimum absolute atomic E-state index is 0.210. The topological polar surface area (TPSA) is 37.4 Å². The molecule has 0 bridgehead atoms. The lowest BCUT2D eigenvalue weighted by Gasteiger charge is -2.17. The number of Topliss-reactive ketones (excluding diaryl/α,β-unsaturated/α-hetero) is 1. The predicted octanol–water partition coefficient (Wildman–Crippen LogP) is 4.51. The maximum Gasteiger partial charge on any atom is 0.164 e. The van der Waals surface area contributed by atoms with Crippen molar-refractivity contribution in [2.75, 3.05) is 19.0 Å². The van der Waals surface area contributed by atoms with Gasteiger partial charge in [0.2, 0.25) is 0 Å². The third-order valence-electron chi connectivity index (χ3n) is 4.96. The molecule has 3 aromatic carbocycles. The lowest BCUT2D eigenvalue weighted by molar-refractivity contribution is 0.0994. The van der Waals surface area contributed by atoms with Gasteiger partial charge in [0, 0.05) is 42.9 Å². The van der Waals surface area contributed by atoms with Gasteiger partial charge in [-0.1, -0.05) is 36.4 Å². The van der Waals surface area contributed by atoms with Crippen LogP contribution in [0, 0.1) is 0 Å². The summed E-state index contributed by atoms with van der Waals surface area (Å²) in [7, 11) is 4.02. The van der Waals surface area contributed by atoms with Gasteiger partial charge in [0.15, 0.2) is 5.78 Å². The van der Waals surface area contributed by atoms with Gasteiger partial charge in [-0.15, -0.1) is 0 Å². The van der Waals surface area contributed by atoms with Crippen molar-refractivity contribution in [1.82, 2.24) is 0 Å². The van der Waals surface area contributed by atoms with Crippen LogP contribution < -0.4 is 4.90 Å². The van der Waals surface area contributed by atoms with E-state index < -0.39 is 0 Å². The van der Waals surface area contributed by atoms with Crippen LogP contribution in [0.4, 0.5) is 5.69 Å². The fourth-order valence-corrected chi connectivity index (χ4v) is 3.64. The van der Waals surface area contributed by atoms with Gasteiger partial charge in [0.1, 0.15) is 6.29 Å². The van der Waals surface area contributed by atoms with E-state index in [0.29, 0.717) is 12.0 Å². The van der Waals surface area contributed by atoms with E-state index in [1.54, 1.807) is 0 Å². The van der Waals surface area contributed by atoms with Gasteiger partial charge in [0.05, 0.1) is 0 Å². The molecule has 0 atom stereocenters. The number of nitrogens with zero attached hydrogens (tertiary/aromatic N) is 1. The highest BCUT2D eigenvalue weighted by atomic mass is 16.1. The quantitative estimate of drug-likeness (QED) is 0.663. The van der Waals surface area contributed by atoms with E-state index in [0.717, 1.165) is 51.4 Å². The number of rotatable bonds is 3. The van der Waals surface area contributed by atoms with E-state index in [-0.39, 0.29) is 5.78 Å². The van der Waals surface area contributed by atoms with Crippen LogP contribution in [0.2, 0.25) is 0 Å². The molecule has 0 heterocycles. The van der Waals surface area contributed by atoms with Gasteiger partial charge < -0.3 is 4.90 Å². The number of benzene rings is 3. The van der Waals surface area contributed by atoms with Crippen LogP contribution in [-0.4, -0.2) is 26.2 Å². The van der Waals surface area contributed by atoms with Gasteiger partial charge in [-0.25, -0.2) is 0 Å². The number of carbonyl (C=O) groups excluding carboxylic acids is 2. The number of aryl methyl sites for hydroxylation is 1. The molecule has 0 aliphatic heterocycles. The Hall–Kier alpha value is -2.94. The zero-order chi connectivity index (χ0) is 17.6. The summed E-state index contributed by atoms with van der Waals surface area (Å²) >= 11 is 0. The standard InChI is InChI=1S/C22H19NO2/c1-23(2)18-9-7-16-11-17-8-10-20(25)22(17)21(19(16)12-18)15-5-3-14(13-24)4-6-15/h3-7,9,11-13H,8,10H2,1-2H3. The number of anilines is 1. The zero-order valence-corrected chi connectivity index (χ0v) is 14.4. The third kappa shape index (κ3) is 2.52. The number of ketones is 1. The van der Waals surface area contributed by atoms with Gasteiger partial charge in [0.25, 0.3) is 0 Å². The summed E-state index contributed by atoms with van der Waals surface area (Å²) in [5.41, 5.74) is 5.70. The second-order valence-electron chi connectivity index (χ2n) is 6.75. The van der Waals surface area contributed by atoms with E-state index in [1.165, 1.54) is 0 Å². The van der Waals surface area contributed by atoms with Crippen molar-refractivity contribution < 1.29 is 9.59 Å². The van der Waals surface area contributed by atoms with Crippen molar-refractivity contribution in [2.24, 2.45) is 0 Å². The SMILES string of the molecule is CN(C)c1ccc2cc3c(c(-c4ccc(C=O)cc4)c2c1)C(=O)CC3. The molecule has 0 fully saturated rings. The Kier molecular flexibility index (Phi) is 3.65. The van der Waals surface area contributed by atoms with Gasteiger partial charge in [-0.2, -0.15) is 0 Å². The van der Waals surface area contributed by atoms with Crippen LogP contribution in [0.1, 0.15) is 32.7 Å². The molecular weight excluding hydrogens is 310 g/mol. The molecule has 0 aromatic heterocycles. The van der Waals surface area contributed by atoms with Crippen LogP contribution >= 0.6 is 0 Å². The molecule has 124 valence electrons. The fourth-order valence-electron chi connectivity index (χ4n) is 3.64. The highest BCUT2D eigenvalue weighted by Crippen LogP contribution is 2.40. The Bertz CT molecular complexity index is 1000. The summed E-state index contributed by atoms with van der Waals surface area (Å²) < 4.78 is 0. The Labute approximate surface area is 146 Å². The number of fused-ring (bicyclic) bond motifs is 2. The summed E-state index contributed by atoms with van der Waals surface area (Å²) in [6, 6.07) is 16.0. The number of aldehydes is 1. The van der Waals surface area contributed by atoms with Crippen molar-refractivity contribution in [2.45, 2.75) is 12.8 Å². The molecule has 0 radical (unpaired) electrons. The smallest absolute Gasteiger partial charge is 0.164 e. The lowest BCUT2D eigenvalue weighted by atomic mass is 9.90. The van der Waals surface area contributed by atoms with E-state index in [9.17, 15) is 9.59 Å². The second-order valence-corrected chi connectivity index (χ2v) is 6.75. The van der Waals surface area contributed by atoms with Crippen molar-refractivity contribution in [3.63, 3.8) is 0 Å². The molecule has 0 spiro atoms. The van der Waals surface area contributed by atoms with Gasteiger partial charge in [-0.3, -0.25) is 9.59 Å². The highest BCUT2D eigenvalue weighted by molar-refractivity contribution is 6.14. The summed E-state index contributed by atoms with van der Waals surface area (Å²) in [6.07, 6.45) is 2.22. The molecule has 0 amide bonds. The summed E-state index contributed by atoms with van der Waals surface area (Å²) in [6.45, 7) is 0. The first-order valence-electron chi connectivity index (χ1n) is 8.44. The summed E-state index contributed by atoms with van der Waals surface area (Å²) in [5, 5.41) is 2.23. The summed E-state index contributed by atoms with van der Waals surface area (Å²) in [5.74, 6) is 0.210. The highest BCUT2D eigenvalue weighted by Gasteiger charge is 2.25. The Morgan fingerprint density at radius 3 is 2.36 bits per heavy atom. The molecule has 0 saturated heterocycles. The first-order valence-corrected chi connectivity index (χ1v) is 8.44. The number of hydrogen-bond donors (Lipinski definition) is 0. The number of hydrogen-bond acceptors (Lipinski definition) is 3. The lowest BCUT2D eigenvalue weighted by Crippen LogP contribution is -2.08. The van der Waals surface area contributed by atoms with Crippen molar-refractivity contribution in [3.05, 3.63) is 65.2 Å². The maximum absolute atomic E-state index is 12.6. The molecule has 3 nitrogen and oxygen atoms in total. The number of carbonyl (C=O) groups is 2. The minimum Gasteiger partial charge on any atom is -0.378 e. The molecule has 3 heteroatoms. The van der Waals surface area contributed by atoms with Crippen LogP contribution in [-0.2, 0) is 6.42 Å². The van der Waals surface area contributed by atoms with Gasteiger partial charge >= 0.3 is 0 Å².